The van der Waals surface area contributed by atoms with Crippen molar-refractivity contribution in [2.45, 2.75) is 6.92 Å². The van der Waals surface area contributed by atoms with Gasteiger partial charge in [-0.2, -0.15) is 0 Å². The van der Waals surface area contributed by atoms with Gasteiger partial charge < -0.3 is 0 Å². The zero-order chi connectivity index (χ0) is 17.1. The van der Waals surface area contributed by atoms with E-state index in [0.717, 1.165) is 22.2 Å². The molecule has 0 amide bonds. The van der Waals surface area contributed by atoms with Crippen LogP contribution in [-0.4, -0.2) is 30.1 Å². The number of nitrogens with zero attached hydrogens (tertiary/aromatic N) is 2. The highest BCUT2D eigenvalue weighted by atomic mass is 16.1. The minimum Gasteiger partial charge on any atom is -0.299 e. The predicted molar refractivity (Wildman–Crippen MR) is 99.7 cm³/mol. The zero-order valence-electron chi connectivity index (χ0n) is 14.2. The molecule has 0 saturated heterocycles. The van der Waals surface area contributed by atoms with Crippen LogP contribution in [-0.2, 0) is 0 Å². The standard InChI is InChI=1S/C21H20N2O/c1-16-7-4-5-9-20(16)23-14-12-18-11-10-17(8-6-13-22(2)3)15-19(18)21(23)24/h4-5,7,9-12,14-15H,13H2,1-3H3. The monoisotopic (exact) mass is 316 g/mol. The number of aromatic nitrogens is 1. The quantitative estimate of drug-likeness (QED) is 0.678. The molecule has 3 rings (SSSR count). The Balaban J connectivity index is 2.12. The van der Waals surface area contributed by atoms with Crippen LogP contribution < -0.4 is 5.56 Å². The molecule has 0 unspecified atom stereocenters. The van der Waals surface area contributed by atoms with E-state index in [2.05, 4.69) is 11.8 Å². The van der Waals surface area contributed by atoms with Crippen molar-refractivity contribution in [2.24, 2.45) is 0 Å². The molecule has 0 aliphatic carbocycles. The van der Waals surface area contributed by atoms with E-state index in [-0.39, 0.29) is 5.56 Å². The van der Waals surface area contributed by atoms with Crippen LogP contribution in [0.1, 0.15) is 11.1 Å². The van der Waals surface area contributed by atoms with Crippen LogP contribution in [0.4, 0.5) is 0 Å². The molecule has 0 saturated carbocycles. The lowest BCUT2D eigenvalue weighted by atomic mass is 10.1. The normalized spacial score (nSPS) is 10.7. The molecular weight excluding hydrogens is 296 g/mol. The van der Waals surface area contributed by atoms with E-state index in [4.69, 9.17) is 0 Å². The van der Waals surface area contributed by atoms with Crippen molar-refractivity contribution < 1.29 is 0 Å². The van der Waals surface area contributed by atoms with Crippen molar-refractivity contribution >= 4 is 10.8 Å². The second-order valence-corrected chi connectivity index (χ2v) is 6.12. The van der Waals surface area contributed by atoms with E-state index in [1.165, 1.54) is 0 Å². The third-order valence-corrected chi connectivity index (χ3v) is 3.91. The summed E-state index contributed by atoms with van der Waals surface area (Å²) in [6.45, 7) is 2.70. The average Bonchev–Trinajstić information content (AvgIpc) is 2.56. The lowest BCUT2D eigenvalue weighted by Gasteiger charge is -2.10. The first kappa shape index (κ1) is 16.0. The smallest absolute Gasteiger partial charge is 0.263 e. The maximum Gasteiger partial charge on any atom is 0.263 e. The van der Waals surface area contributed by atoms with Crippen LogP contribution in [0.2, 0.25) is 0 Å². The summed E-state index contributed by atoms with van der Waals surface area (Å²) in [7, 11) is 3.96. The minimum atomic E-state index is -0.0157. The lowest BCUT2D eigenvalue weighted by molar-refractivity contribution is 0.464. The second-order valence-electron chi connectivity index (χ2n) is 6.12. The molecule has 0 aliphatic heterocycles. The summed E-state index contributed by atoms with van der Waals surface area (Å²) in [5.74, 6) is 6.23. The molecule has 3 nitrogen and oxygen atoms in total. The van der Waals surface area contributed by atoms with Gasteiger partial charge in [-0.15, -0.1) is 0 Å². The fraction of sp³-hybridized carbons (Fsp3) is 0.190. The van der Waals surface area contributed by atoms with E-state index < -0.39 is 0 Å². The van der Waals surface area contributed by atoms with Gasteiger partial charge in [0.15, 0.2) is 0 Å². The topological polar surface area (TPSA) is 25.2 Å². The summed E-state index contributed by atoms with van der Waals surface area (Å²) in [5.41, 5.74) is 2.83. The van der Waals surface area contributed by atoms with Gasteiger partial charge in [-0.1, -0.05) is 36.1 Å². The van der Waals surface area contributed by atoms with Gasteiger partial charge in [-0.3, -0.25) is 14.3 Å². The number of pyridine rings is 1. The van der Waals surface area contributed by atoms with E-state index >= 15 is 0 Å². The molecule has 24 heavy (non-hydrogen) atoms. The van der Waals surface area contributed by atoms with Gasteiger partial charge in [-0.25, -0.2) is 0 Å². The first-order valence-electron chi connectivity index (χ1n) is 7.91. The molecule has 1 heterocycles. The number of hydrogen-bond acceptors (Lipinski definition) is 2. The van der Waals surface area contributed by atoms with Crippen molar-refractivity contribution in [1.29, 1.82) is 0 Å². The van der Waals surface area contributed by atoms with E-state index in [9.17, 15) is 4.79 Å². The van der Waals surface area contributed by atoms with Crippen LogP contribution in [0.15, 0.2) is 59.5 Å². The summed E-state index contributed by atoms with van der Waals surface area (Å²) in [6.07, 6.45) is 1.84. The third kappa shape index (κ3) is 3.24. The third-order valence-electron chi connectivity index (χ3n) is 3.91. The molecule has 2 aromatic carbocycles. The summed E-state index contributed by atoms with van der Waals surface area (Å²) >= 11 is 0. The van der Waals surface area contributed by atoms with Gasteiger partial charge in [0.2, 0.25) is 0 Å². The first-order valence-corrected chi connectivity index (χ1v) is 7.91. The minimum absolute atomic E-state index is 0.0157. The summed E-state index contributed by atoms with van der Waals surface area (Å²) in [5, 5.41) is 1.63. The highest BCUT2D eigenvalue weighted by Crippen LogP contribution is 2.16. The van der Waals surface area contributed by atoms with Crippen LogP contribution in [0.5, 0.6) is 0 Å². The fourth-order valence-electron chi connectivity index (χ4n) is 2.64. The molecule has 1 aromatic heterocycles. The van der Waals surface area contributed by atoms with Crippen molar-refractivity contribution in [2.75, 3.05) is 20.6 Å². The molecule has 0 radical (unpaired) electrons. The first-order chi connectivity index (χ1) is 11.6. The molecule has 120 valence electrons. The Morgan fingerprint density at radius 1 is 1.08 bits per heavy atom. The molecule has 0 N–H and O–H groups in total. The number of hydrogen-bond donors (Lipinski definition) is 0. The van der Waals surface area contributed by atoms with Crippen LogP contribution in [0.3, 0.4) is 0 Å². The number of benzene rings is 2. The van der Waals surface area contributed by atoms with Crippen molar-refractivity contribution in [3.63, 3.8) is 0 Å². The second kappa shape index (κ2) is 6.74. The van der Waals surface area contributed by atoms with E-state index in [1.807, 2.05) is 80.6 Å². The van der Waals surface area contributed by atoms with Crippen LogP contribution in [0, 0.1) is 18.8 Å². The van der Waals surface area contributed by atoms with Gasteiger partial charge in [0.1, 0.15) is 0 Å². The number of fused-ring (bicyclic) bond motifs is 1. The molecule has 3 aromatic rings. The maximum atomic E-state index is 12.9. The Labute approximate surface area is 142 Å². The molecule has 3 heteroatoms. The largest absolute Gasteiger partial charge is 0.299 e. The Bertz CT molecular complexity index is 1000. The molecule has 0 fully saturated rings. The van der Waals surface area contributed by atoms with Crippen LogP contribution >= 0.6 is 0 Å². The van der Waals surface area contributed by atoms with Crippen molar-refractivity contribution in [3.05, 3.63) is 76.2 Å². The predicted octanol–water partition coefficient (Wildman–Crippen LogP) is 3.21. The zero-order valence-corrected chi connectivity index (χ0v) is 14.2. The number of rotatable bonds is 2. The Kier molecular flexibility index (Phi) is 4.50. The van der Waals surface area contributed by atoms with Gasteiger partial charge in [-0.05, 0) is 56.2 Å². The number of aryl methyl sites for hydroxylation is 1. The van der Waals surface area contributed by atoms with E-state index in [1.54, 1.807) is 4.57 Å². The highest BCUT2D eigenvalue weighted by molar-refractivity contribution is 5.83. The van der Waals surface area contributed by atoms with Gasteiger partial charge >= 0.3 is 0 Å². The SMILES string of the molecule is Cc1ccccc1-n1ccc2ccc(C#CCN(C)C)cc2c1=O. The van der Waals surface area contributed by atoms with Gasteiger partial charge in [0.05, 0.1) is 12.2 Å². The molecule has 0 aliphatic rings. The van der Waals surface area contributed by atoms with Crippen LogP contribution in [0.25, 0.3) is 16.5 Å². The number of para-hydroxylation sites is 1. The molecule has 0 bridgehead atoms. The summed E-state index contributed by atoms with van der Waals surface area (Å²) in [4.78, 5) is 14.9. The average molecular weight is 316 g/mol. The van der Waals surface area contributed by atoms with Gasteiger partial charge in [0, 0.05) is 17.1 Å². The van der Waals surface area contributed by atoms with Crippen molar-refractivity contribution in [1.82, 2.24) is 9.47 Å². The maximum absolute atomic E-state index is 12.9. The summed E-state index contributed by atoms with van der Waals surface area (Å²) in [6, 6.07) is 15.7. The van der Waals surface area contributed by atoms with Crippen molar-refractivity contribution in [3.8, 4) is 17.5 Å². The Morgan fingerprint density at radius 3 is 2.62 bits per heavy atom. The molecule has 0 spiro atoms. The summed E-state index contributed by atoms with van der Waals surface area (Å²) < 4.78 is 1.70. The van der Waals surface area contributed by atoms with E-state index in [0.29, 0.717) is 11.9 Å². The highest BCUT2D eigenvalue weighted by Gasteiger charge is 2.06. The van der Waals surface area contributed by atoms with Gasteiger partial charge in [0.25, 0.3) is 5.56 Å². The molecule has 0 atom stereocenters. The Morgan fingerprint density at radius 2 is 1.88 bits per heavy atom. The molecular formula is C21H20N2O. The fourth-order valence-corrected chi connectivity index (χ4v) is 2.64. The Hall–Kier alpha value is -2.83. The lowest BCUT2D eigenvalue weighted by Crippen LogP contribution is -2.18.